The molecule has 0 aliphatic heterocycles. The van der Waals surface area contributed by atoms with Crippen molar-refractivity contribution < 1.29 is 17.6 Å². The zero-order valence-corrected chi connectivity index (χ0v) is 11.1. The Labute approximate surface area is 115 Å². The average Bonchev–Trinajstić information content (AvgIpc) is 2.90. The molecule has 2 nitrogen and oxygen atoms in total. The van der Waals surface area contributed by atoms with Gasteiger partial charge in [-0.05, 0) is 36.2 Å². The second-order valence-corrected chi connectivity index (χ2v) is 4.53. The van der Waals surface area contributed by atoms with Crippen molar-refractivity contribution in [3.8, 4) is 0 Å². The largest absolute Gasteiger partial charge is 0.472 e. The molecular weight excluding hydrogens is 267 g/mol. The minimum atomic E-state index is -4.35. The predicted molar refractivity (Wildman–Crippen MR) is 70.3 cm³/mol. The molecule has 20 heavy (non-hydrogen) atoms. The molecule has 108 valence electrons. The summed E-state index contributed by atoms with van der Waals surface area (Å²) in [6, 6.07) is 7.05. The highest BCUT2D eigenvalue weighted by Gasteiger charge is 2.34. The summed E-state index contributed by atoms with van der Waals surface area (Å²) in [5.41, 5.74) is 0.547. The molecule has 0 aliphatic rings. The number of benzene rings is 1. The lowest BCUT2D eigenvalue weighted by atomic mass is 9.95. The number of halogens is 3. The van der Waals surface area contributed by atoms with Gasteiger partial charge in [0.1, 0.15) is 0 Å². The van der Waals surface area contributed by atoms with Gasteiger partial charge in [0.25, 0.3) is 0 Å². The van der Waals surface area contributed by atoms with Crippen LogP contribution in [0.5, 0.6) is 0 Å². The Bertz CT molecular complexity index is 534. The first-order chi connectivity index (χ1) is 9.52. The lowest BCUT2D eigenvalue weighted by Crippen LogP contribution is -2.25. The molecule has 0 amide bonds. The van der Waals surface area contributed by atoms with E-state index in [2.05, 4.69) is 5.32 Å². The van der Waals surface area contributed by atoms with Crippen LogP contribution in [-0.4, -0.2) is 6.54 Å². The zero-order chi connectivity index (χ0) is 14.6. The van der Waals surface area contributed by atoms with E-state index < -0.39 is 17.8 Å². The van der Waals surface area contributed by atoms with E-state index in [9.17, 15) is 13.2 Å². The monoisotopic (exact) mass is 283 g/mol. The van der Waals surface area contributed by atoms with E-state index in [0.717, 1.165) is 11.6 Å². The van der Waals surface area contributed by atoms with E-state index in [4.69, 9.17) is 4.42 Å². The molecular formula is C15H16F3NO. The predicted octanol–water partition coefficient (Wildman–Crippen LogP) is 4.19. The zero-order valence-electron chi connectivity index (χ0n) is 11.1. The van der Waals surface area contributed by atoms with E-state index >= 15 is 0 Å². The van der Waals surface area contributed by atoms with E-state index in [1.54, 1.807) is 18.4 Å². The highest BCUT2D eigenvalue weighted by Crippen LogP contribution is 2.35. The highest BCUT2D eigenvalue weighted by molar-refractivity contribution is 5.33. The Morgan fingerprint density at radius 3 is 2.55 bits per heavy atom. The maximum absolute atomic E-state index is 13.1. The maximum atomic E-state index is 13.1. The van der Waals surface area contributed by atoms with Gasteiger partial charge in [-0.15, -0.1) is 0 Å². The Kier molecular flexibility index (Phi) is 4.49. The van der Waals surface area contributed by atoms with Crippen molar-refractivity contribution in [2.24, 2.45) is 0 Å². The number of alkyl halides is 3. The minimum absolute atomic E-state index is 0.267. The van der Waals surface area contributed by atoms with Gasteiger partial charge in [-0.3, -0.25) is 0 Å². The third-order valence-corrected chi connectivity index (χ3v) is 3.11. The molecule has 0 spiro atoms. The van der Waals surface area contributed by atoms with E-state index in [1.807, 2.05) is 6.92 Å². The molecule has 1 atom stereocenters. The normalized spacial score (nSPS) is 13.4. The summed E-state index contributed by atoms with van der Waals surface area (Å²) < 4.78 is 44.2. The molecule has 1 aromatic carbocycles. The molecule has 2 rings (SSSR count). The fourth-order valence-corrected chi connectivity index (χ4v) is 2.24. The van der Waals surface area contributed by atoms with Crippen molar-refractivity contribution >= 4 is 0 Å². The summed E-state index contributed by atoms with van der Waals surface area (Å²) in [7, 11) is 0. The highest BCUT2D eigenvalue weighted by atomic mass is 19.4. The van der Waals surface area contributed by atoms with Crippen LogP contribution in [0.25, 0.3) is 0 Å². The molecule has 5 heteroatoms. The van der Waals surface area contributed by atoms with Gasteiger partial charge in [-0.2, -0.15) is 13.2 Å². The van der Waals surface area contributed by atoms with Crippen molar-refractivity contribution in [3.05, 3.63) is 59.5 Å². The van der Waals surface area contributed by atoms with Crippen molar-refractivity contribution in [3.63, 3.8) is 0 Å². The summed E-state index contributed by atoms with van der Waals surface area (Å²) in [5.74, 6) is 0. The van der Waals surface area contributed by atoms with Gasteiger partial charge in [-0.25, -0.2) is 0 Å². The van der Waals surface area contributed by atoms with Crippen LogP contribution >= 0.6 is 0 Å². The Morgan fingerprint density at radius 2 is 1.95 bits per heavy atom. The number of hydrogen-bond donors (Lipinski definition) is 1. The molecule has 0 fully saturated rings. The summed E-state index contributed by atoms with van der Waals surface area (Å²) in [6.45, 7) is 2.47. The first-order valence-corrected chi connectivity index (χ1v) is 6.43. The lowest BCUT2D eigenvalue weighted by Gasteiger charge is -2.22. The molecule has 1 N–H and O–H groups in total. The molecule has 0 aliphatic carbocycles. The summed E-state index contributed by atoms with van der Waals surface area (Å²) in [5, 5.41) is 3.11. The SMILES string of the molecule is CCNC(Cc1ccoc1)c1ccccc1C(F)(F)F. The lowest BCUT2D eigenvalue weighted by molar-refractivity contribution is -0.138. The number of hydrogen-bond acceptors (Lipinski definition) is 2. The molecule has 1 unspecified atom stereocenters. The van der Waals surface area contributed by atoms with Gasteiger partial charge in [0.15, 0.2) is 0 Å². The van der Waals surface area contributed by atoms with Crippen molar-refractivity contribution in [1.82, 2.24) is 5.32 Å². The van der Waals surface area contributed by atoms with Crippen LogP contribution < -0.4 is 5.32 Å². The number of nitrogens with one attached hydrogen (secondary N) is 1. The van der Waals surface area contributed by atoms with E-state index in [1.165, 1.54) is 18.4 Å². The van der Waals surface area contributed by atoms with Crippen LogP contribution in [0, 0.1) is 0 Å². The smallest absolute Gasteiger partial charge is 0.416 e. The van der Waals surface area contributed by atoms with Crippen LogP contribution in [0.1, 0.15) is 29.7 Å². The molecule has 0 radical (unpaired) electrons. The first kappa shape index (κ1) is 14.7. The van der Waals surface area contributed by atoms with Crippen LogP contribution in [0.15, 0.2) is 47.3 Å². The van der Waals surface area contributed by atoms with E-state index in [-0.39, 0.29) is 5.56 Å². The third kappa shape index (κ3) is 3.42. The second-order valence-electron chi connectivity index (χ2n) is 4.53. The number of likely N-dealkylation sites (N-methyl/N-ethyl adjacent to an activating group) is 1. The van der Waals surface area contributed by atoms with Crippen LogP contribution in [0.2, 0.25) is 0 Å². The second kappa shape index (κ2) is 6.13. The number of rotatable bonds is 5. The first-order valence-electron chi connectivity index (χ1n) is 6.43. The van der Waals surface area contributed by atoms with E-state index in [0.29, 0.717) is 13.0 Å². The fraction of sp³-hybridized carbons (Fsp3) is 0.333. The van der Waals surface area contributed by atoms with Crippen LogP contribution in [-0.2, 0) is 12.6 Å². The van der Waals surface area contributed by atoms with Crippen molar-refractivity contribution in [1.29, 1.82) is 0 Å². The molecule has 2 aromatic rings. The molecule has 1 heterocycles. The summed E-state index contributed by atoms with van der Waals surface area (Å²) >= 11 is 0. The Hall–Kier alpha value is -1.75. The topological polar surface area (TPSA) is 25.2 Å². The standard InChI is InChI=1S/C15H16F3NO/c1-2-19-14(9-11-7-8-20-10-11)12-5-3-4-6-13(12)15(16,17)18/h3-8,10,14,19H,2,9H2,1H3. The maximum Gasteiger partial charge on any atom is 0.416 e. The molecule has 0 saturated carbocycles. The van der Waals surface area contributed by atoms with Crippen LogP contribution in [0.4, 0.5) is 13.2 Å². The quantitative estimate of drug-likeness (QED) is 0.890. The molecule has 0 saturated heterocycles. The van der Waals surface area contributed by atoms with Crippen molar-refractivity contribution in [2.75, 3.05) is 6.54 Å². The Morgan fingerprint density at radius 1 is 1.20 bits per heavy atom. The average molecular weight is 283 g/mol. The van der Waals surface area contributed by atoms with Crippen LogP contribution in [0.3, 0.4) is 0 Å². The minimum Gasteiger partial charge on any atom is -0.472 e. The van der Waals surface area contributed by atoms with Gasteiger partial charge < -0.3 is 9.73 Å². The molecule has 0 bridgehead atoms. The fourth-order valence-electron chi connectivity index (χ4n) is 2.24. The van der Waals surface area contributed by atoms with Gasteiger partial charge in [-0.1, -0.05) is 25.1 Å². The third-order valence-electron chi connectivity index (χ3n) is 3.11. The summed E-state index contributed by atoms with van der Waals surface area (Å²) in [4.78, 5) is 0. The van der Waals surface area contributed by atoms with Gasteiger partial charge in [0.2, 0.25) is 0 Å². The van der Waals surface area contributed by atoms with Crippen molar-refractivity contribution in [2.45, 2.75) is 25.6 Å². The van der Waals surface area contributed by atoms with Gasteiger partial charge in [0.05, 0.1) is 18.1 Å². The van der Waals surface area contributed by atoms with Gasteiger partial charge >= 0.3 is 6.18 Å². The number of furan rings is 1. The summed E-state index contributed by atoms with van der Waals surface area (Å²) in [6.07, 6.45) is -0.813. The Balaban J connectivity index is 2.34. The van der Waals surface area contributed by atoms with Gasteiger partial charge in [0, 0.05) is 6.04 Å². The molecule has 1 aromatic heterocycles.